The van der Waals surface area contributed by atoms with Crippen molar-refractivity contribution in [3.05, 3.63) is 71.8 Å². The van der Waals surface area contributed by atoms with Gasteiger partial charge in [0.1, 0.15) is 0 Å². The molecule has 0 radical (unpaired) electrons. The summed E-state index contributed by atoms with van der Waals surface area (Å²) in [5.74, 6) is 0.521. The molecule has 0 atom stereocenters. The molecule has 0 saturated carbocycles. The number of allylic oxidation sites excluding steroid dienone is 4. The summed E-state index contributed by atoms with van der Waals surface area (Å²) in [5, 5.41) is 2.96. The highest BCUT2D eigenvalue weighted by atomic mass is 16.5. The highest BCUT2D eigenvalue weighted by molar-refractivity contribution is 5.78. The molecule has 3 heteroatoms. The van der Waals surface area contributed by atoms with Crippen LogP contribution in [0.4, 0.5) is 0 Å². The summed E-state index contributed by atoms with van der Waals surface area (Å²) in [6.07, 6.45) is 9.78. The monoisotopic (exact) mass is 255 g/mol. The Hall–Kier alpha value is -2.29. The van der Waals surface area contributed by atoms with Crippen LogP contribution in [0.2, 0.25) is 0 Å². The third-order valence-electron chi connectivity index (χ3n) is 2.79. The molecule has 1 aromatic rings. The van der Waals surface area contributed by atoms with Crippen molar-refractivity contribution < 1.29 is 9.53 Å². The number of hydrogen-bond acceptors (Lipinski definition) is 3. The first-order valence-corrected chi connectivity index (χ1v) is 6.36. The normalized spacial score (nSPS) is 13.9. The van der Waals surface area contributed by atoms with Crippen LogP contribution in [0, 0.1) is 0 Å². The van der Waals surface area contributed by atoms with Crippen molar-refractivity contribution in [1.82, 2.24) is 5.32 Å². The van der Waals surface area contributed by atoms with E-state index in [1.165, 1.54) is 5.56 Å². The Morgan fingerprint density at radius 1 is 1.16 bits per heavy atom. The first-order chi connectivity index (χ1) is 9.40. The Bertz CT molecular complexity index is 501. The van der Waals surface area contributed by atoms with Gasteiger partial charge in [-0.1, -0.05) is 36.4 Å². The van der Waals surface area contributed by atoms with Gasteiger partial charge in [0, 0.05) is 6.20 Å². The summed E-state index contributed by atoms with van der Waals surface area (Å²) in [6.45, 7) is 0.580. The Balaban J connectivity index is 1.82. The lowest BCUT2D eigenvalue weighted by Gasteiger charge is -2.11. The molecule has 1 heterocycles. The molecule has 19 heavy (non-hydrogen) atoms. The van der Waals surface area contributed by atoms with Crippen LogP contribution in [-0.2, 0) is 16.0 Å². The molecular formula is C16H17NO2. The molecule has 1 aliphatic heterocycles. The molecule has 2 rings (SSSR count). The average molecular weight is 255 g/mol. The summed E-state index contributed by atoms with van der Waals surface area (Å²) in [6, 6.07) is 10.3. The van der Waals surface area contributed by atoms with E-state index in [9.17, 15) is 4.79 Å². The molecule has 3 nitrogen and oxygen atoms in total. The number of aryl methyl sites for hydroxylation is 1. The molecule has 0 aromatic heterocycles. The third-order valence-corrected chi connectivity index (χ3v) is 2.79. The number of carbonyl (C=O) groups is 1. The first kappa shape index (κ1) is 13.1. The molecule has 0 aliphatic carbocycles. The van der Waals surface area contributed by atoms with Crippen LogP contribution in [0.25, 0.3) is 0 Å². The van der Waals surface area contributed by atoms with Gasteiger partial charge in [-0.15, -0.1) is 0 Å². The SMILES string of the molecule is O=CC1=C(OCCCc2ccccc2)NC=CC=C1. The van der Waals surface area contributed by atoms with Gasteiger partial charge in [-0.2, -0.15) is 0 Å². The number of nitrogens with one attached hydrogen (secondary N) is 1. The van der Waals surface area contributed by atoms with Crippen molar-refractivity contribution in [2.45, 2.75) is 12.8 Å². The predicted octanol–water partition coefficient (Wildman–Crippen LogP) is 2.72. The molecule has 1 N–H and O–H groups in total. The van der Waals surface area contributed by atoms with Crippen molar-refractivity contribution in [3.8, 4) is 0 Å². The van der Waals surface area contributed by atoms with E-state index >= 15 is 0 Å². The number of carbonyl (C=O) groups excluding carboxylic acids is 1. The zero-order valence-corrected chi connectivity index (χ0v) is 10.7. The number of rotatable bonds is 6. The molecule has 0 spiro atoms. The summed E-state index contributed by atoms with van der Waals surface area (Å²) in [5.41, 5.74) is 1.83. The van der Waals surface area contributed by atoms with E-state index in [2.05, 4.69) is 17.4 Å². The average Bonchev–Trinajstić information content (AvgIpc) is 2.69. The van der Waals surface area contributed by atoms with Crippen LogP contribution in [0.1, 0.15) is 12.0 Å². The lowest BCUT2D eigenvalue weighted by molar-refractivity contribution is -0.104. The zero-order valence-electron chi connectivity index (χ0n) is 10.7. The maximum Gasteiger partial charge on any atom is 0.201 e. The zero-order chi connectivity index (χ0) is 13.3. The van der Waals surface area contributed by atoms with Crippen LogP contribution in [0.5, 0.6) is 0 Å². The van der Waals surface area contributed by atoms with E-state index in [1.807, 2.05) is 24.3 Å². The topological polar surface area (TPSA) is 38.3 Å². The molecule has 0 amide bonds. The van der Waals surface area contributed by atoms with Crippen molar-refractivity contribution in [2.24, 2.45) is 0 Å². The van der Waals surface area contributed by atoms with Gasteiger partial charge in [-0.05, 0) is 30.6 Å². The fourth-order valence-electron chi connectivity index (χ4n) is 1.81. The molecule has 1 aliphatic rings. The fourth-order valence-corrected chi connectivity index (χ4v) is 1.81. The number of ether oxygens (including phenoxy) is 1. The Morgan fingerprint density at radius 3 is 2.79 bits per heavy atom. The minimum absolute atomic E-state index is 0.521. The summed E-state index contributed by atoms with van der Waals surface area (Å²) in [7, 11) is 0. The number of aldehydes is 1. The largest absolute Gasteiger partial charge is 0.478 e. The van der Waals surface area contributed by atoms with Crippen molar-refractivity contribution in [1.29, 1.82) is 0 Å². The van der Waals surface area contributed by atoms with Crippen molar-refractivity contribution in [2.75, 3.05) is 6.61 Å². The molecule has 0 bridgehead atoms. The second-order valence-corrected chi connectivity index (χ2v) is 4.20. The highest BCUT2D eigenvalue weighted by Gasteiger charge is 2.05. The van der Waals surface area contributed by atoms with E-state index in [0.29, 0.717) is 18.1 Å². The first-order valence-electron chi connectivity index (χ1n) is 6.36. The molecule has 0 saturated heterocycles. The maximum atomic E-state index is 10.9. The standard InChI is InChI=1S/C16H17NO2/c18-13-15-10-4-5-11-17-16(15)19-12-6-9-14-7-2-1-3-8-14/h1-5,7-8,10-11,13,17H,6,9,12H2. The van der Waals surface area contributed by atoms with Gasteiger partial charge >= 0.3 is 0 Å². The lowest BCUT2D eigenvalue weighted by Crippen LogP contribution is -2.12. The lowest BCUT2D eigenvalue weighted by atomic mass is 10.1. The summed E-state index contributed by atoms with van der Waals surface area (Å²) < 4.78 is 5.62. The molecule has 0 unspecified atom stereocenters. The maximum absolute atomic E-state index is 10.9. The summed E-state index contributed by atoms with van der Waals surface area (Å²) in [4.78, 5) is 10.9. The van der Waals surface area contributed by atoms with E-state index < -0.39 is 0 Å². The molecule has 0 fully saturated rings. The van der Waals surface area contributed by atoms with E-state index in [0.717, 1.165) is 19.1 Å². The van der Waals surface area contributed by atoms with Gasteiger partial charge in [0.2, 0.25) is 5.88 Å². The van der Waals surface area contributed by atoms with Crippen LogP contribution in [0.15, 0.2) is 66.2 Å². The highest BCUT2D eigenvalue weighted by Crippen LogP contribution is 2.08. The fraction of sp³-hybridized carbons (Fsp3) is 0.188. The van der Waals surface area contributed by atoms with Crippen LogP contribution in [0.3, 0.4) is 0 Å². The molecule has 1 aromatic carbocycles. The van der Waals surface area contributed by atoms with Crippen LogP contribution >= 0.6 is 0 Å². The molecular weight excluding hydrogens is 238 g/mol. The van der Waals surface area contributed by atoms with Gasteiger partial charge in [-0.25, -0.2) is 0 Å². The number of hydrogen-bond donors (Lipinski definition) is 1. The van der Waals surface area contributed by atoms with Crippen LogP contribution < -0.4 is 5.32 Å². The Labute approximate surface area is 113 Å². The minimum Gasteiger partial charge on any atom is -0.478 e. The van der Waals surface area contributed by atoms with E-state index in [4.69, 9.17) is 4.74 Å². The van der Waals surface area contributed by atoms with Gasteiger partial charge in [0.25, 0.3) is 0 Å². The minimum atomic E-state index is 0.521. The third kappa shape index (κ3) is 4.14. The van der Waals surface area contributed by atoms with Gasteiger partial charge in [0.15, 0.2) is 6.29 Å². The number of benzene rings is 1. The van der Waals surface area contributed by atoms with Gasteiger partial charge < -0.3 is 10.1 Å². The second kappa shape index (κ2) is 7.21. The molecule has 98 valence electrons. The van der Waals surface area contributed by atoms with Gasteiger partial charge in [-0.3, -0.25) is 4.79 Å². The summed E-state index contributed by atoms with van der Waals surface area (Å²) >= 11 is 0. The van der Waals surface area contributed by atoms with Crippen molar-refractivity contribution in [3.63, 3.8) is 0 Å². The van der Waals surface area contributed by atoms with Crippen molar-refractivity contribution >= 4 is 6.29 Å². The van der Waals surface area contributed by atoms with E-state index in [-0.39, 0.29) is 0 Å². The Kier molecular flexibility index (Phi) is 4.99. The smallest absolute Gasteiger partial charge is 0.201 e. The van der Waals surface area contributed by atoms with Gasteiger partial charge in [0.05, 0.1) is 12.2 Å². The quantitative estimate of drug-likeness (QED) is 0.627. The van der Waals surface area contributed by atoms with Crippen LogP contribution in [-0.4, -0.2) is 12.9 Å². The second-order valence-electron chi connectivity index (χ2n) is 4.20. The van der Waals surface area contributed by atoms with E-state index in [1.54, 1.807) is 18.4 Å². The Morgan fingerprint density at radius 2 is 2.00 bits per heavy atom. The predicted molar refractivity (Wildman–Crippen MR) is 75.2 cm³/mol.